The predicted octanol–water partition coefficient (Wildman–Crippen LogP) is 6.94. The van der Waals surface area contributed by atoms with Crippen LogP contribution in [-0.4, -0.2) is 29.8 Å². The first kappa shape index (κ1) is 24.9. The molecule has 6 nitrogen and oxygen atoms in total. The molecule has 1 amide bonds. The number of hydrogen-bond donors (Lipinski definition) is 0. The van der Waals surface area contributed by atoms with E-state index in [2.05, 4.69) is 23.2 Å². The van der Waals surface area contributed by atoms with Crippen molar-refractivity contribution in [3.05, 3.63) is 95.7 Å². The molecule has 3 aromatic carbocycles. The van der Waals surface area contributed by atoms with Crippen molar-refractivity contribution in [3.8, 4) is 11.1 Å². The molecule has 0 atom stereocenters. The first-order valence-electron chi connectivity index (χ1n) is 11.8. The number of carbonyl (C=O) groups excluding carboxylic acids is 2. The molecule has 0 aliphatic heterocycles. The second kappa shape index (κ2) is 10.2. The molecule has 0 N–H and O–H groups in total. The van der Waals surface area contributed by atoms with Crippen molar-refractivity contribution in [2.75, 3.05) is 12.0 Å². The molecule has 6 heteroatoms. The van der Waals surface area contributed by atoms with Gasteiger partial charge in [0.15, 0.2) is 0 Å². The summed E-state index contributed by atoms with van der Waals surface area (Å²) >= 11 is 0. The van der Waals surface area contributed by atoms with E-state index < -0.39 is 11.7 Å². The van der Waals surface area contributed by atoms with Crippen molar-refractivity contribution < 1.29 is 19.1 Å². The van der Waals surface area contributed by atoms with E-state index in [0.717, 1.165) is 33.0 Å². The number of hydrogen-bond acceptors (Lipinski definition) is 5. The van der Waals surface area contributed by atoms with Gasteiger partial charge in [-0.1, -0.05) is 42.5 Å². The van der Waals surface area contributed by atoms with Crippen molar-refractivity contribution >= 4 is 28.7 Å². The van der Waals surface area contributed by atoms with Gasteiger partial charge in [-0.25, -0.2) is 14.6 Å². The van der Waals surface area contributed by atoms with E-state index in [4.69, 9.17) is 9.47 Å². The van der Waals surface area contributed by atoms with Gasteiger partial charge in [-0.2, -0.15) is 0 Å². The Morgan fingerprint density at radius 3 is 2.31 bits per heavy atom. The highest BCUT2D eigenvalue weighted by Gasteiger charge is 2.26. The molecule has 0 saturated carbocycles. The zero-order chi connectivity index (χ0) is 25.9. The van der Waals surface area contributed by atoms with Crippen LogP contribution in [0.2, 0.25) is 0 Å². The van der Waals surface area contributed by atoms with Gasteiger partial charge in [0, 0.05) is 6.20 Å². The highest BCUT2D eigenvalue weighted by molar-refractivity contribution is 5.94. The zero-order valence-corrected chi connectivity index (χ0v) is 21.2. The number of aryl methyl sites for hydroxylation is 1. The van der Waals surface area contributed by atoms with Crippen molar-refractivity contribution in [3.63, 3.8) is 0 Å². The molecule has 4 rings (SSSR count). The van der Waals surface area contributed by atoms with Crippen LogP contribution in [0.1, 0.15) is 42.3 Å². The molecule has 0 spiro atoms. The molecule has 0 fully saturated rings. The van der Waals surface area contributed by atoms with Crippen LogP contribution in [0.5, 0.6) is 0 Å². The van der Waals surface area contributed by atoms with Gasteiger partial charge >= 0.3 is 12.1 Å². The molecule has 0 bridgehead atoms. The number of amides is 1. The van der Waals surface area contributed by atoms with E-state index >= 15 is 0 Å². The Labute approximate surface area is 211 Å². The summed E-state index contributed by atoms with van der Waals surface area (Å²) in [6, 6.07) is 23.3. The maximum Gasteiger partial charge on any atom is 0.416 e. The van der Waals surface area contributed by atoms with Gasteiger partial charge in [-0.3, -0.25) is 4.90 Å². The topological polar surface area (TPSA) is 68.7 Å². The largest absolute Gasteiger partial charge is 0.465 e. The highest BCUT2D eigenvalue weighted by atomic mass is 16.6. The lowest BCUT2D eigenvalue weighted by atomic mass is 9.96. The van der Waals surface area contributed by atoms with Gasteiger partial charge in [0.2, 0.25) is 0 Å². The van der Waals surface area contributed by atoms with E-state index in [1.807, 2.05) is 70.2 Å². The van der Waals surface area contributed by atoms with Crippen molar-refractivity contribution in [1.82, 2.24) is 4.98 Å². The Balaban J connectivity index is 1.80. The molecular weight excluding hydrogens is 452 g/mol. The molecule has 1 heterocycles. The zero-order valence-electron chi connectivity index (χ0n) is 21.2. The molecular formula is C30H30N2O4. The lowest BCUT2D eigenvalue weighted by molar-refractivity contribution is 0.0573. The minimum atomic E-state index is -0.649. The number of esters is 1. The highest BCUT2D eigenvalue weighted by Crippen LogP contribution is 2.31. The smallest absolute Gasteiger partial charge is 0.416 e. The molecule has 4 aromatic rings. The summed E-state index contributed by atoms with van der Waals surface area (Å²) in [4.78, 5) is 31.3. The standard InChI is InChI=1S/C30H30N2O4/c1-20-9-8-16-31-27(20)32(29(34)36-30(2,3)4)19-25-18-24(17-23-10-6-7-11-26(23)25)21-12-14-22(15-13-21)28(33)35-5/h6-18H,19H2,1-5H3. The van der Waals surface area contributed by atoms with Crippen LogP contribution in [0.25, 0.3) is 21.9 Å². The fourth-order valence-electron chi connectivity index (χ4n) is 4.08. The normalized spacial score (nSPS) is 11.2. The number of nitrogens with zero attached hydrogens (tertiary/aromatic N) is 2. The van der Waals surface area contributed by atoms with Crippen molar-refractivity contribution in [2.24, 2.45) is 0 Å². The van der Waals surface area contributed by atoms with E-state index in [1.54, 1.807) is 23.2 Å². The van der Waals surface area contributed by atoms with Gasteiger partial charge < -0.3 is 9.47 Å². The summed E-state index contributed by atoms with van der Waals surface area (Å²) in [6.45, 7) is 7.76. The number of rotatable bonds is 5. The fraction of sp³-hybridized carbons (Fsp3) is 0.233. The lowest BCUT2D eigenvalue weighted by Crippen LogP contribution is -2.37. The second-order valence-corrected chi connectivity index (χ2v) is 9.64. The van der Waals surface area contributed by atoms with Crippen LogP contribution in [0, 0.1) is 6.92 Å². The summed E-state index contributed by atoms with van der Waals surface area (Å²) in [7, 11) is 1.37. The van der Waals surface area contributed by atoms with Gasteiger partial charge in [0.1, 0.15) is 11.4 Å². The number of carbonyl (C=O) groups is 2. The molecule has 184 valence electrons. The Bertz CT molecular complexity index is 1400. The van der Waals surface area contributed by atoms with E-state index in [0.29, 0.717) is 11.4 Å². The molecule has 0 aliphatic carbocycles. The average molecular weight is 483 g/mol. The molecule has 36 heavy (non-hydrogen) atoms. The maximum absolute atomic E-state index is 13.4. The third kappa shape index (κ3) is 5.54. The summed E-state index contributed by atoms with van der Waals surface area (Å²) in [5.74, 6) is 0.183. The summed E-state index contributed by atoms with van der Waals surface area (Å²) in [5.41, 5.74) is 3.60. The first-order chi connectivity index (χ1) is 17.2. The molecule has 0 aliphatic rings. The SMILES string of the molecule is COC(=O)c1ccc(-c2cc(CN(C(=O)OC(C)(C)C)c3ncccc3C)c3ccccc3c2)cc1. The number of aromatic nitrogens is 1. The Morgan fingerprint density at radius 1 is 0.917 bits per heavy atom. The lowest BCUT2D eigenvalue weighted by Gasteiger charge is -2.28. The Hall–Kier alpha value is -4.19. The Kier molecular flexibility index (Phi) is 7.06. The van der Waals surface area contributed by atoms with Gasteiger partial charge in [0.05, 0.1) is 19.2 Å². The number of pyridine rings is 1. The maximum atomic E-state index is 13.4. The first-order valence-corrected chi connectivity index (χ1v) is 11.8. The quantitative estimate of drug-likeness (QED) is 0.288. The van der Waals surface area contributed by atoms with E-state index in [-0.39, 0.29) is 12.5 Å². The Morgan fingerprint density at radius 2 is 1.64 bits per heavy atom. The van der Waals surface area contributed by atoms with Crippen LogP contribution in [-0.2, 0) is 16.0 Å². The van der Waals surface area contributed by atoms with Crippen molar-refractivity contribution in [2.45, 2.75) is 39.8 Å². The fourth-order valence-corrected chi connectivity index (χ4v) is 4.08. The van der Waals surface area contributed by atoms with Gasteiger partial charge in [-0.05, 0) is 91.1 Å². The number of fused-ring (bicyclic) bond motifs is 1. The third-order valence-electron chi connectivity index (χ3n) is 5.77. The number of benzene rings is 3. The number of anilines is 1. The summed E-state index contributed by atoms with van der Waals surface area (Å²) < 4.78 is 10.6. The molecule has 0 saturated heterocycles. The van der Waals surface area contributed by atoms with Gasteiger partial charge in [0.25, 0.3) is 0 Å². The van der Waals surface area contributed by atoms with Crippen LogP contribution >= 0.6 is 0 Å². The van der Waals surface area contributed by atoms with Gasteiger partial charge in [-0.15, -0.1) is 0 Å². The summed E-state index contributed by atoms with van der Waals surface area (Å²) in [5, 5.41) is 2.08. The minimum Gasteiger partial charge on any atom is -0.465 e. The summed E-state index contributed by atoms with van der Waals surface area (Å²) in [6.07, 6.45) is 1.22. The van der Waals surface area contributed by atoms with Crippen LogP contribution in [0.3, 0.4) is 0 Å². The van der Waals surface area contributed by atoms with Crippen molar-refractivity contribution in [1.29, 1.82) is 0 Å². The molecule has 1 aromatic heterocycles. The number of methoxy groups -OCH3 is 1. The minimum absolute atomic E-state index is 0.279. The predicted molar refractivity (Wildman–Crippen MR) is 142 cm³/mol. The van der Waals surface area contributed by atoms with E-state index in [9.17, 15) is 9.59 Å². The van der Waals surface area contributed by atoms with E-state index in [1.165, 1.54) is 7.11 Å². The monoisotopic (exact) mass is 482 g/mol. The molecule has 0 radical (unpaired) electrons. The molecule has 0 unspecified atom stereocenters. The van der Waals surface area contributed by atoms with Crippen LogP contribution in [0.15, 0.2) is 79.0 Å². The number of ether oxygens (including phenoxy) is 2. The van der Waals surface area contributed by atoms with Crippen LogP contribution < -0.4 is 4.90 Å². The average Bonchev–Trinajstić information content (AvgIpc) is 2.86. The van der Waals surface area contributed by atoms with Crippen LogP contribution in [0.4, 0.5) is 10.6 Å². The third-order valence-corrected chi connectivity index (χ3v) is 5.77. The second-order valence-electron chi connectivity index (χ2n) is 9.64.